The van der Waals surface area contributed by atoms with E-state index in [0.29, 0.717) is 6.54 Å². The first-order valence-electron chi connectivity index (χ1n) is 6.52. The molecule has 0 amide bonds. The maximum atomic E-state index is 6.08. The Hall–Kier alpha value is -0.450. The summed E-state index contributed by atoms with van der Waals surface area (Å²) in [4.78, 5) is 5.91. The lowest BCUT2D eigenvalue weighted by atomic mass is 9.85. The lowest BCUT2D eigenvalue weighted by molar-refractivity contribution is -0.0705. The highest BCUT2D eigenvalue weighted by atomic mass is 32.1. The van der Waals surface area contributed by atoms with Gasteiger partial charge in [-0.3, -0.25) is 0 Å². The highest BCUT2D eigenvalue weighted by Crippen LogP contribution is 2.42. The molecule has 2 rings (SSSR count). The summed E-state index contributed by atoms with van der Waals surface area (Å²) >= 11 is 1.74. The first-order chi connectivity index (χ1) is 8.22. The fraction of sp³-hybridized carbons (Fsp3) is 0.769. The Morgan fingerprint density at radius 2 is 2.06 bits per heavy atom. The standard InChI is InChI=1S/C13H22N2OS/c1-3-16-13(7-5-4-6-8-13)12-15-10(2)11(9-14)17-12/h3-9,14H2,1-2H3. The number of aromatic nitrogens is 1. The van der Waals surface area contributed by atoms with Crippen LogP contribution >= 0.6 is 11.3 Å². The van der Waals surface area contributed by atoms with Gasteiger partial charge in [-0.2, -0.15) is 0 Å². The SMILES string of the molecule is CCOC1(c2nc(C)c(CN)s2)CCCCC1. The van der Waals surface area contributed by atoms with Crippen molar-refractivity contribution < 1.29 is 4.74 Å². The largest absolute Gasteiger partial charge is 0.368 e. The van der Waals surface area contributed by atoms with Crippen LogP contribution in [0.3, 0.4) is 0 Å². The van der Waals surface area contributed by atoms with Gasteiger partial charge in [0.2, 0.25) is 0 Å². The van der Waals surface area contributed by atoms with E-state index in [-0.39, 0.29) is 5.60 Å². The van der Waals surface area contributed by atoms with Crippen LogP contribution in [0.2, 0.25) is 0 Å². The molecular weight excluding hydrogens is 232 g/mol. The molecule has 1 aromatic rings. The average Bonchev–Trinajstić information content (AvgIpc) is 2.73. The first kappa shape index (κ1) is 13.0. The van der Waals surface area contributed by atoms with E-state index in [1.54, 1.807) is 11.3 Å². The van der Waals surface area contributed by atoms with E-state index in [9.17, 15) is 0 Å². The van der Waals surface area contributed by atoms with Crippen LogP contribution in [0.15, 0.2) is 0 Å². The Morgan fingerprint density at radius 3 is 2.59 bits per heavy atom. The van der Waals surface area contributed by atoms with Gasteiger partial charge in [0, 0.05) is 18.0 Å². The Morgan fingerprint density at radius 1 is 1.35 bits per heavy atom. The van der Waals surface area contributed by atoms with Crippen molar-refractivity contribution in [2.75, 3.05) is 6.61 Å². The fourth-order valence-corrected chi connectivity index (χ4v) is 3.77. The van der Waals surface area contributed by atoms with Gasteiger partial charge in [0.05, 0.1) is 5.69 Å². The van der Waals surface area contributed by atoms with Gasteiger partial charge < -0.3 is 10.5 Å². The van der Waals surface area contributed by atoms with Crippen LogP contribution in [-0.4, -0.2) is 11.6 Å². The van der Waals surface area contributed by atoms with E-state index in [4.69, 9.17) is 15.5 Å². The second-order valence-corrected chi connectivity index (χ2v) is 5.80. The van der Waals surface area contributed by atoms with Crippen LogP contribution in [0.4, 0.5) is 0 Å². The zero-order valence-corrected chi connectivity index (χ0v) is 11.6. The average molecular weight is 254 g/mol. The van der Waals surface area contributed by atoms with Gasteiger partial charge in [0.15, 0.2) is 0 Å². The summed E-state index contributed by atoms with van der Waals surface area (Å²) in [7, 11) is 0. The summed E-state index contributed by atoms with van der Waals surface area (Å²) in [6, 6.07) is 0. The molecule has 2 N–H and O–H groups in total. The fourth-order valence-electron chi connectivity index (χ4n) is 2.63. The summed E-state index contributed by atoms with van der Waals surface area (Å²) in [5.41, 5.74) is 6.71. The van der Waals surface area contributed by atoms with Crippen molar-refractivity contribution in [1.82, 2.24) is 4.98 Å². The minimum Gasteiger partial charge on any atom is -0.368 e. The van der Waals surface area contributed by atoms with Crippen molar-refractivity contribution in [3.63, 3.8) is 0 Å². The zero-order chi connectivity index (χ0) is 12.3. The van der Waals surface area contributed by atoms with E-state index in [1.165, 1.54) is 24.1 Å². The van der Waals surface area contributed by atoms with Gasteiger partial charge in [0.1, 0.15) is 10.6 Å². The maximum absolute atomic E-state index is 6.08. The summed E-state index contributed by atoms with van der Waals surface area (Å²) in [6.07, 6.45) is 6.03. The Balaban J connectivity index is 2.30. The molecule has 1 aromatic heterocycles. The van der Waals surface area contributed by atoms with Crippen LogP contribution in [0, 0.1) is 6.92 Å². The Bertz CT molecular complexity index is 364. The summed E-state index contributed by atoms with van der Waals surface area (Å²) in [5, 5.41) is 1.15. The van der Waals surface area contributed by atoms with Crippen molar-refractivity contribution >= 4 is 11.3 Å². The van der Waals surface area contributed by atoms with Crippen molar-refractivity contribution in [3.8, 4) is 0 Å². The molecule has 17 heavy (non-hydrogen) atoms. The smallest absolute Gasteiger partial charge is 0.125 e. The molecule has 3 nitrogen and oxygen atoms in total. The number of thiazole rings is 1. The molecule has 0 unspecified atom stereocenters. The van der Waals surface area contributed by atoms with Crippen LogP contribution in [-0.2, 0) is 16.9 Å². The topological polar surface area (TPSA) is 48.1 Å². The summed E-state index contributed by atoms with van der Waals surface area (Å²) in [6.45, 7) is 5.47. The normalized spacial score (nSPS) is 19.5. The molecular formula is C13H22N2OS. The van der Waals surface area contributed by atoms with Crippen molar-refractivity contribution in [2.45, 2.75) is 58.1 Å². The maximum Gasteiger partial charge on any atom is 0.125 e. The highest BCUT2D eigenvalue weighted by Gasteiger charge is 2.37. The molecule has 1 heterocycles. The molecule has 0 bridgehead atoms. The molecule has 1 aliphatic carbocycles. The lowest BCUT2D eigenvalue weighted by Gasteiger charge is -2.35. The number of nitrogens with two attached hydrogens (primary N) is 1. The van der Waals surface area contributed by atoms with Crippen LogP contribution in [0.5, 0.6) is 0 Å². The number of aryl methyl sites for hydroxylation is 1. The summed E-state index contributed by atoms with van der Waals surface area (Å²) < 4.78 is 6.08. The van der Waals surface area contributed by atoms with Crippen molar-refractivity contribution in [1.29, 1.82) is 0 Å². The minimum absolute atomic E-state index is 0.115. The van der Waals surface area contributed by atoms with Gasteiger partial charge in [-0.1, -0.05) is 19.3 Å². The molecule has 4 heteroatoms. The van der Waals surface area contributed by atoms with Gasteiger partial charge in [-0.05, 0) is 26.7 Å². The predicted molar refractivity (Wildman–Crippen MR) is 71.1 cm³/mol. The third-order valence-corrected chi connectivity index (χ3v) is 4.91. The molecule has 0 aromatic carbocycles. The highest BCUT2D eigenvalue weighted by molar-refractivity contribution is 7.11. The second-order valence-electron chi connectivity index (χ2n) is 4.72. The number of hydrogen-bond donors (Lipinski definition) is 1. The van der Waals surface area contributed by atoms with Crippen molar-refractivity contribution in [2.24, 2.45) is 5.73 Å². The third kappa shape index (κ3) is 2.54. The van der Waals surface area contributed by atoms with Crippen LogP contribution in [0.25, 0.3) is 0 Å². The van der Waals surface area contributed by atoms with Gasteiger partial charge in [-0.25, -0.2) is 4.98 Å². The quantitative estimate of drug-likeness (QED) is 0.898. The molecule has 0 atom stereocenters. The molecule has 1 aliphatic rings. The molecule has 0 saturated heterocycles. The second kappa shape index (κ2) is 5.46. The zero-order valence-electron chi connectivity index (χ0n) is 10.8. The van der Waals surface area contributed by atoms with E-state index in [2.05, 4.69) is 6.92 Å². The third-order valence-electron chi connectivity index (χ3n) is 3.55. The van der Waals surface area contributed by atoms with E-state index in [1.807, 2.05) is 6.92 Å². The van der Waals surface area contributed by atoms with Crippen LogP contribution in [0.1, 0.15) is 54.6 Å². The van der Waals surface area contributed by atoms with Crippen LogP contribution < -0.4 is 5.73 Å². The lowest BCUT2D eigenvalue weighted by Crippen LogP contribution is -2.32. The Kier molecular flexibility index (Phi) is 4.17. The number of rotatable bonds is 4. The molecule has 1 fully saturated rings. The van der Waals surface area contributed by atoms with Gasteiger partial charge in [0.25, 0.3) is 0 Å². The van der Waals surface area contributed by atoms with E-state index >= 15 is 0 Å². The number of ether oxygens (including phenoxy) is 1. The molecule has 0 aliphatic heterocycles. The van der Waals surface area contributed by atoms with E-state index < -0.39 is 0 Å². The van der Waals surface area contributed by atoms with Gasteiger partial charge >= 0.3 is 0 Å². The number of nitrogens with zero attached hydrogens (tertiary/aromatic N) is 1. The molecule has 96 valence electrons. The first-order valence-corrected chi connectivity index (χ1v) is 7.34. The minimum atomic E-state index is -0.115. The molecule has 0 spiro atoms. The number of hydrogen-bond acceptors (Lipinski definition) is 4. The molecule has 0 radical (unpaired) electrons. The summed E-state index contributed by atoms with van der Waals surface area (Å²) in [5.74, 6) is 0. The van der Waals surface area contributed by atoms with E-state index in [0.717, 1.165) is 30.2 Å². The molecule has 1 saturated carbocycles. The van der Waals surface area contributed by atoms with Gasteiger partial charge in [-0.15, -0.1) is 11.3 Å². The monoisotopic (exact) mass is 254 g/mol. The predicted octanol–water partition coefficient (Wildman–Crippen LogP) is 3.11. The Labute approximate surface area is 107 Å². The van der Waals surface area contributed by atoms with Crippen molar-refractivity contribution in [3.05, 3.63) is 15.6 Å².